The molecule has 9 aromatic heterocycles. The molecule has 0 amide bonds. The van der Waals surface area contributed by atoms with E-state index in [1.807, 2.05) is 146 Å². The van der Waals surface area contributed by atoms with Crippen LogP contribution in [-0.2, 0) is 16.8 Å². The fourth-order valence-electron chi connectivity index (χ4n) is 6.10. The zero-order chi connectivity index (χ0) is 43.5. The van der Waals surface area contributed by atoms with E-state index in [0.29, 0.717) is 0 Å². The number of hydrogen-bond donors (Lipinski definition) is 0. The van der Waals surface area contributed by atoms with Gasteiger partial charge in [-0.1, -0.05) is 36.5 Å². The predicted molar refractivity (Wildman–Crippen MR) is 256 cm³/mol. The maximum absolute atomic E-state index is 4.40. The molecule has 1 radical (unpaired) electrons. The van der Waals surface area contributed by atoms with Crippen LogP contribution in [-0.4, -0.2) is 44.9 Å². The van der Waals surface area contributed by atoms with E-state index < -0.39 is 0 Å². The molecule has 0 saturated carbocycles. The van der Waals surface area contributed by atoms with Crippen molar-refractivity contribution in [2.75, 3.05) is 0 Å². The first-order chi connectivity index (χ1) is 30.9. The van der Waals surface area contributed by atoms with Crippen molar-refractivity contribution >= 4 is 36.5 Å². The number of aromatic nitrogens is 9. The quantitative estimate of drug-likeness (QED) is 0.140. The first-order valence-electron chi connectivity index (χ1n) is 20.4. The number of rotatable bonds is 9. The van der Waals surface area contributed by atoms with Crippen molar-refractivity contribution in [1.82, 2.24) is 44.9 Å². The Bertz CT molecular complexity index is 2620. The van der Waals surface area contributed by atoms with Gasteiger partial charge in [0, 0.05) is 91.1 Å². The van der Waals surface area contributed by atoms with Crippen LogP contribution in [0.1, 0.15) is 50.1 Å². The molecule has 9 aromatic rings. The Labute approximate surface area is 384 Å². The van der Waals surface area contributed by atoms with Crippen LogP contribution < -0.4 is 0 Å². The van der Waals surface area contributed by atoms with E-state index in [4.69, 9.17) is 0 Å². The summed E-state index contributed by atoms with van der Waals surface area (Å²) in [5, 5.41) is 0. The van der Waals surface area contributed by atoms with Crippen molar-refractivity contribution in [2.24, 2.45) is 0 Å². The molecule has 0 spiro atoms. The summed E-state index contributed by atoms with van der Waals surface area (Å²) in [5.74, 6) is 0. The number of pyridine rings is 9. The van der Waals surface area contributed by atoms with Gasteiger partial charge in [-0.3, -0.25) is 44.9 Å². The zero-order valence-electron chi connectivity index (χ0n) is 35.6. The first kappa shape index (κ1) is 45.6. The van der Waals surface area contributed by atoms with Gasteiger partial charge in [0.05, 0.1) is 34.2 Å². The molecule has 0 aliphatic heterocycles. The summed E-state index contributed by atoms with van der Waals surface area (Å²) in [7, 11) is 0. The minimum absolute atomic E-state index is 0. The molecule has 315 valence electrons. The molecule has 0 fully saturated rings. The fraction of sp³-hybridized carbons (Fsp3) is 0.0556. The van der Waals surface area contributed by atoms with Crippen LogP contribution in [0.5, 0.6) is 0 Å². The molecule has 0 N–H and O–H groups in total. The first-order valence-corrected chi connectivity index (χ1v) is 20.4. The van der Waals surface area contributed by atoms with E-state index in [9.17, 15) is 0 Å². The summed E-state index contributed by atoms with van der Waals surface area (Å²) in [6.45, 7) is 6.16. The van der Waals surface area contributed by atoms with E-state index in [2.05, 4.69) is 102 Å². The van der Waals surface area contributed by atoms with Gasteiger partial charge in [0.25, 0.3) is 0 Å². The molecule has 0 aliphatic rings. The van der Waals surface area contributed by atoms with Gasteiger partial charge >= 0.3 is 0 Å². The van der Waals surface area contributed by atoms with Crippen LogP contribution in [0, 0.1) is 20.8 Å². The molecule has 0 saturated heterocycles. The van der Waals surface area contributed by atoms with Gasteiger partial charge in [0.1, 0.15) is 0 Å². The van der Waals surface area contributed by atoms with Gasteiger partial charge in [-0.2, -0.15) is 0 Å². The van der Waals surface area contributed by atoms with Crippen molar-refractivity contribution in [1.29, 1.82) is 0 Å². The molecular weight excluding hydrogens is 834 g/mol. The molecule has 10 heteroatoms. The van der Waals surface area contributed by atoms with Crippen LogP contribution in [0.4, 0.5) is 0 Å². The minimum Gasteiger partial charge on any atom is -0.265 e. The average Bonchev–Trinajstić information content (AvgIpc) is 3.34. The van der Waals surface area contributed by atoms with Crippen molar-refractivity contribution in [3.63, 3.8) is 0 Å². The largest absolute Gasteiger partial charge is 0.265 e. The van der Waals surface area contributed by atoms with Crippen LogP contribution in [0.2, 0.25) is 0 Å². The summed E-state index contributed by atoms with van der Waals surface area (Å²) >= 11 is 0. The number of nitrogens with zero attached hydrogens (tertiary/aromatic N) is 9. The van der Waals surface area contributed by atoms with Gasteiger partial charge in [0.15, 0.2) is 0 Å². The molecule has 9 nitrogen and oxygen atoms in total. The summed E-state index contributed by atoms with van der Waals surface area (Å²) in [4.78, 5) is 38.4. The van der Waals surface area contributed by atoms with Crippen LogP contribution in [0.25, 0.3) is 70.6 Å². The monoisotopic (exact) mass is 878 g/mol. The smallest absolute Gasteiger partial charge is 0.0892 e. The topological polar surface area (TPSA) is 116 Å². The van der Waals surface area contributed by atoms with Crippen LogP contribution in [0.15, 0.2) is 184 Å². The second-order valence-corrected chi connectivity index (χ2v) is 14.4. The number of hydrogen-bond acceptors (Lipinski definition) is 9. The zero-order valence-corrected chi connectivity index (χ0v) is 36.7. The summed E-state index contributed by atoms with van der Waals surface area (Å²) in [5.41, 5.74) is 15.5. The third kappa shape index (κ3) is 14.3. The molecule has 0 aliphatic carbocycles. The summed E-state index contributed by atoms with van der Waals surface area (Å²) in [6, 6.07) is 36.0. The minimum atomic E-state index is 0. The van der Waals surface area contributed by atoms with E-state index in [1.54, 1.807) is 37.2 Å². The van der Waals surface area contributed by atoms with E-state index in [1.165, 1.54) is 16.7 Å². The molecule has 9 rings (SSSR count). The van der Waals surface area contributed by atoms with Gasteiger partial charge in [-0.25, -0.2) is 0 Å². The van der Waals surface area contributed by atoms with E-state index >= 15 is 0 Å². The van der Waals surface area contributed by atoms with E-state index in [0.717, 1.165) is 67.5 Å². The van der Waals surface area contributed by atoms with Crippen molar-refractivity contribution < 1.29 is 16.8 Å². The Morgan fingerprint density at radius 1 is 0.250 bits per heavy atom. The van der Waals surface area contributed by atoms with Crippen LogP contribution >= 0.6 is 0 Å². The summed E-state index contributed by atoms with van der Waals surface area (Å²) in [6.07, 6.45) is 34.0. The van der Waals surface area contributed by atoms with Gasteiger partial charge in [-0.15, -0.1) is 0 Å². The molecule has 0 atom stereocenters. The van der Waals surface area contributed by atoms with E-state index in [-0.39, 0.29) is 16.8 Å². The average molecular weight is 879 g/mol. The maximum Gasteiger partial charge on any atom is 0.0892 e. The molecule has 0 aromatic carbocycles. The van der Waals surface area contributed by atoms with Gasteiger partial charge in [-0.05, 0) is 180 Å². The van der Waals surface area contributed by atoms with Gasteiger partial charge in [0.2, 0.25) is 0 Å². The molecule has 64 heavy (non-hydrogen) atoms. The molecule has 0 unspecified atom stereocenters. The maximum atomic E-state index is 4.40. The molecular formula is C54H45CoN9. The SMILES string of the molecule is Cc1ccnc(-c2cc(C=Cc3ccncc3)ccn2)c1.Cc1ccnc(-c2cc(C=Cc3ccncc3)ccn2)c1.Cc1ccnc(-c2cc(C=Cc3ccncc3)ccn2)c1.[Co]. The Morgan fingerprint density at radius 2 is 0.453 bits per heavy atom. The van der Waals surface area contributed by atoms with Crippen molar-refractivity contribution in [3.05, 3.63) is 234 Å². The second-order valence-electron chi connectivity index (χ2n) is 14.4. The normalized spacial score (nSPS) is 10.7. The third-order valence-corrected chi connectivity index (χ3v) is 9.41. The summed E-state index contributed by atoms with van der Waals surface area (Å²) < 4.78 is 0. The number of aryl methyl sites for hydroxylation is 3. The van der Waals surface area contributed by atoms with Crippen molar-refractivity contribution in [3.8, 4) is 34.2 Å². The fourth-order valence-corrected chi connectivity index (χ4v) is 6.10. The Hall–Kier alpha value is -7.92. The Balaban J connectivity index is 0.000000158. The molecule has 0 bridgehead atoms. The molecule has 9 heterocycles. The van der Waals surface area contributed by atoms with Crippen LogP contribution in [0.3, 0.4) is 0 Å². The van der Waals surface area contributed by atoms with Gasteiger partial charge < -0.3 is 0 Å². The Kier molecular flexibility index (Phi) is 17.0. The Morgan fingerprint density at radius 3 is 0.703 bits per heavy atom. The predicted octanol–water partition coefficient (Wildman–Crippen LogP) is 12.0. The second kappa shape index (κ2) is 23.9. The third-order valence-electron chi connectivity index (χ3n) is 9.41. The van der Waals surface area contributed by atoms with Crippen molar-refractivity contribution in [2.45, 2.75) is 20.8 Å². The standard InChI is InChI=1S/3C18H15N3.Co/c3*1-14-4-10-20-17(12-14)18-13-16(7-11-21-18)3-2-15-5-8-19-9-6-15;/h3*2-13H,1H3;.